The highest BCUT2D eigenvalue weighted by Gasteiger charge is 2.28. The molecule has 0 radical (unpaired) electrons. The van der Waals surface area contributed by atoms with Gasteiger partial charge in [0, 0.05) is 17.7 Å². The molecule has 0 bridgehead atoms. The summed E-state index contributed by atoms with van der Waals surface area (Å²) in [5, 5.41) is 13.1. The fourth-order valence-electron chi connectivity index (χ4n) is 5.62. The van der Waals surface area contributed by atoms with Crippen LogP contribution in [0.5, 0.6) is 0 Å². The van der Waals surface area contributed by atoms with Gasteiger partial charge in [-0.3, -0.25) is 5.32 Å². The molecule has 2 aliphatic rings. The van der Waals surface area contributed by atoms with Gasteiger partial charge in [-0.15, -0.1) is 0 Å². The summed E-state index contributed by atoms with van der Waals surface area (Å²) >= 11 is 0. The van der Waals surface area contributed by atoms with Gasteiger partial charge in [-0.1, -0.05) is 127 Å². The highest BCUT2D eigenvalue weighted by molar-refractivity contribution is 6.00. The van der Waals surface area contributed by atoms with E-state index in [1.165, 1.54) is 44.2 Å². The van der Waals surface area contributed by atoms with Crippen molar-refractivity contribution in [2.24, 2.45) is 4.99 Å². The third kappa shape index (κ3) is 4.70. The van der Waals surface area contributed by atoms with E-state index >= 15 is 0 Å². The van der Waals surface area contributed by atoms with Crippen LogP contribution in [0.2, 0.25) is 0 Å². The van der Waals surface area contributed by atoms with Crippen molar-refractivity contribution in [3.63, 3.8) is 0 Å². The smallest absolute Gasteiger partial charge is 0.131 e. The predicted octanol–water partition coefficient (Wildman–Crippen LogP) is 7.34. The second-order valence-corrected chi connectivity index (χ2v) is 10.1. The molecule has 2 aliphatic heterocycles. The Morgan fingerprint density at radius 2 is 1.38 bits per heavy atom. The van der Waals surface area contributed by atoms with Gasteiger partial charge in [0.25, 0.3) is 0 Å². The molecule has 0 aromatic heterocycles. The van der Waals surface area contributed by atoms with Crippen molar-refractivity contribution >= 4 is 22.2 Å². The average Bonchev–Trinajstić information content (AvgIpc) is 3.05. The van der Waals surface area contributed by atoms with Crippen LogP contribution in [0.3, 0.4) is 0 Å². The molecule has 4 heteroatoms. The van der Waals surface area contributed by atoms with Crippen LogP contribution >= 0.6 is 0 Å². The molecule has 5 aromatic rings. The highest BCUT2D eigenvalue weighted by atomic mass is 15.3. The number of benzene rings is 5. The van der Waals surface area contributed by atoms with Crippen molar-refractivity contribution in [3.8, 4) is 11.1 Å². The Kier molecular flexibility index (Phi) is 6.44. The van der Waals surface area contributed by atoms with Crippen molar-refractivity contribution in [2.45, 2.75) is 12.3 Å². The Balaban J connectivity index is 1.37. The number of dihydropyridines is 1. The third-order valence-corrected chi connectivity index (χ3v) is 7.64. The Bertz CT molecular complexity index is 1740. The number of amidine groups is 1. The maximum absolute atomic E-state index is 5.29. The van der Waals surface area contributed by atoms with E-state index in [-0.39, 0.29) is 12.3 Å². The first-order chi connectivity index (χ1) is 19.8. The fraction of sp³-hybridized carbons (Fsp3) is 0.0833. The molecule has 5 aromatic carbocycles. The lowest BCUT2D eigenvalue weighted by atomic mass is 9.91. The first-order valence-electron chi connectivity index (χ1n) is 13.8. The topological polar surface area (TPSA) is 48.5 Å². The number of hydrogen-bond donors (Lipinski definition) is 3. The number of hydrogen-bond acceptors (Lipinski definition) is 4. The van der Waals surface area contributed by atoms with E-state index in [1.807, 2.05) is 12.3 Å². The molecule has 0 amide bonds. The van der Waals surface area contributed by atoms with Gasteiger partial charge in [0.05, 0.1) is 0 Å². The predicted molar refractivity (Wildman–Crippen MR) is 166 cm³/mol. The Morgan fingerprint density at radius 3 is 2.15 bits per heavy atom. The quantitative estimate of drug-likeness (QED) is 0.228. The summed E-state index contributed by atoms with van der Waals surface area (Å²) in [6.07, 6.45) is 6.02. The second-order valence-electron chi connectivity index (χ2n) is 10.1. The van der Waals surface area contributed by atoms with Crippen LogP contribution in [0.4, 0.5) is 0 Å². The van der Waals surface area contributed by atoms with Gasteiger partial charge in [0.2, 0.25) is 0 Å². The van der Waals surface area contributed by atoms with Crippen LogP contribution in [-0.4, -0.2) is 12.4 Å². The molecule has 7 rings (SSSR count). The zero-order valence-corrected chi connectivity index (χ0v) is 22.1. The van der Waals surface area contributed by atoms with E-state index in [9.17, 15) is 0 Å². The molecule has 2 atom stereocenters. The van der Waals surface area contributed by atoms with Gasteiger partial charge >= 0.3 is 0 Å². The number of aliphatic imine (C=N–C) groups is 1. The van der Waals surface area contributed by atoms with Crippen molar-refractivity contribution in [1.29, 1.82) is 0 Å². The number of nitrogens with one attached hydrogen (secondary N) is 3. The largest absolute Gasteiger partial charge is 0.387 e. The van der Waals surface area contributed by atoms with E-state index in [0.29, 0.717) is 0 Å². The third-order valence-electron chi connectivity index (χ3n) is 7.64. The van der Waals surface area contributed by atoms with Crippen LogP contribution in [0, 0.1) is 0 Å². The fourth-order valence-corrected chi connectivity index (χ4v) is 5.62. The molecule has 2 heterocycles. The Labute approximate surface area is 234 Å². The van der Waals surface area contributed by atoms with Gasteiger partial charge in [0.15, 0.2) is 0 Å². The molecule has 3 N–H and O–H groups in total. The van der Waals surface area contributed by atoms with E-state index in [1.54, 1.807) is 0 Å². The SMILES string of the molecule is C1=CC(c2ccc(-c3ccc4ccccc4c3C3N=C(c4ccccc4)NC(c4ccccc4)N3)cc2)=CCN1. The molecule has 0 saturated carbocycles. The van der Waals surface area contributed by atoms with Crippen LogP contribution < -0.4 is 16.0 Å². The monoisotopic (exact) mass is 518 g/mol. The van der Waals surface area contributed by atoms with Gasteiger partial charge < -0.3 is 10.6 Å². The minimum absolute atomic E-state index is 0.0910. The minimum Gasteiger partial charge on any atom is -0.387 e. The van der Waals surface area contributed by atoms with Crippen LogP contribution in [0.15, 0.2) is 145 Å². The molecular weight excluding hydrogens is 488 g/mol. The normalized spacial score (nSPS) is 18.4. The average molecular weight is 519 g/mol. The summed E-state index contributed by atoms with van der Waals surface area (Å²) in [6, 6.07) is 42.9. The standard InChI is InChI=1S/C36H30N4/c1-3-10-29(11-4-1)34-38-35(30-12-5-2-6-13-30)40-36(39-34)33-31-14-8-7-9-27(31)19-20-32(33)28-17-15-25(16-18-28)26-21-23-37-24-22-26/h1-23,34,36-37,39H,24H2,(H,38,40). The van der Waals surface area contributed by atoms with E-state index in [0.717, 1.165) is 17.9 Å². The van der Waals surface area contributed by atoms with Crippen LogP contribution in [-0.2, 0) is 0 Å². The molecule has 0 saturated heterocycles. The summed E-state index contributed by atoms with van der Waals surface area (Å²) in [5.41, 5.74) is 8.25. The molecule has 0 spiro atoms. The van der Waals surface area contributed by atoms with Crippen molar-refractivity contribution in [1.82, 2.24) is 16.0 Å². The maximum atomic E-state index is 5.29. The minimum atomic E-state index is -0.252. The summed E-state index contributed by atoms with van der Waals surface area (Å²) in [6.45, 7) is 0.855. The van der Waals surface area contributed by atoms with Gasteiger partial charge in [0.1, 0.15) is 18.2 Å². The van der Waals surface area contributed by atoms with Crippen LogP contribution in [0.25, 0.3) is 27.5 Å². The molecule has 40 heavy (non-hydrogen) atoms. The number of allylic oxidation sites excluding steroid dienone is 2. The molecule has 4 nitrogen and oxygen atoms in total. The Morgan fingerprint density at radius 1 is 0.650 bits per heavy atom. The molecule has 2 unspecified atom stereocenters. The molecule has 0 fully saturated rings. The van der Waals surface area contributed by atoms with E-state index in [4.69, 9.17) is 4.99 Å². The molecule has 0 aliphatic carbocycles. The second kappa shape index (κ2) is 10.7. The first-order valence-corrected chi connectivity index (χ1v) is 13.8. The van der Waals surface area contributed by atoms with E-state index in [2.05, 4.69) is 143 Å². The number of fused-ring (bicyclic) bond motifs is 1. The zero-order valence-electron chi connectivity index (χ0n) is 22.1. The zero-order chi connectivity index (χ0) is 26.7. The lowest BCUT2D eigenvalue weighted by Gasteiger charge is -2.33. The van der Waals surface area contributed by atoms with Gasteiger partial charge in [-0.25, -0.2) is 4.99 Å². The van der Waals surface area contributed by atoms with Crippen molar-refractivity contribution < 1.29 is 0 Å². The van der Waals surface area contributed by atoms with Gasteiger partial charge in [-0.05, 0) is 50.9 Å². The lowest BCUT2D eigenvalue weighted by Crippen LogP contribution is -2.45. The number of nitrogens with zero attached hydrogens (tertiary/aromatic N) is 1. The first kappa shape index (κ1) is 24.1. The van der Waals surface area contributed by atoms with Crippen LogP contribution in [0.1, 0.15) is 34.6 Å². The van der Waals surface area contributed by atoms with Crippen molar-refractivity contribution in [2.75, 3.05) is 6.54 Å². The molecular formula is C36H30N4. The number of rotatable bonds is 5. The molecule has 194 valence electrons. The summed E-state index contributed by atoms with van der Waals surface area (Å²) in [7, 11) is 0. The summed E-state index contributed by atoms with van der Waals surface area (Å²) in [4.78, 5) is 5.29. The summed E-state index contributed by atoms with van der Waals surface area (Å²) in [5.74, 6) is 0.886. The maximum Gasteiger partial charge on any atom is 0.131 e. The van der Waals surface area contributed by atoms with Crippen molar-refractivity contribution in [3.05, 3.63) is 162 Å². The Hall–Kier alpha value is -4.93. The van der Waals surface area contributed by atoms with Gasteiger partial charge in [-0.2, -0.15) is 0 Å². The highest BCUT2D eigenvalue weighted by Crippen LogP contribution is 2.38. The van der Waals surface area contributed by atoms with E-state index < -0.39 is 0 Å². The summed E-state index contributed by atoms with van der Waals surface area (Å²) < 4.78 is 0. The lowest BCUT2D eigenvalue weighted by molar-refractivity contribution is 0.411.